The van der Waals surface area contributed by atoms with E-state index in [2.05, 4.69) is 4.98 Å². The molecule has 1 N–H and O–H groups in total. The predicted octanol–water partition coefficient (Wildman–Crippen LogP) is 1.80. The van der Waals surface area contributed by atoms with Crippen molar-refractivity contribution in [3.63, 3.8) is 0 Å². The highest BCUT2D eigenvalue weighted by Crippen LogP contribution is 2.15. The summed E-state index contributed by atoms with van der Waals surface area (Å²) in [6.07, 6.45) is 0.938. The summed E-state index contributed by atoms with van der Waals surface area (Å²) in [5, 5.41) is 9.95. The van der Waals surface area contributed by atoms with Gasteiger partial charge >= 0.3 is 0 Å². The number of hydrogen-bond donors (Lipinski definition) is 1. The van der Waals surface area contributed by atoms with Crippen LogP contribution in [-0.2, 0) is 4.74 Å². The molecule has 0 saturated carbocycles. The van der Waals surface area contributed by atoms with Gasteiger partial charge < -0.3 is 9.84 Å². The van der Waals surface area contributed by atoms with Crippen molar-refractivity contribution in [1.82, 2.24) is 4.98 Å². The second-order valence-electron chi connectivity index (χ2n) is 2.59. The molecule has 1 aromatic heterocycles. The molecule has 0 amide bonds. The van der Waals surface area contributed by atoms with Crippen molar-refractivity contribution < 1.29 is 9.84 Å². The summed E-state index contributed by atoms with van der Waals surface area (Å²) < 4.78 is 5.08. The zero-order valence-electron chi connectivity index (χ0n) is 7.40. The number of nitrogens with zero attached hydrogens (tertiary/aromatic N) is 1. The lowest BCUT2D eigenvalue weighted by atomic mass is 10.2. The molecule has 0 radical (unpaired) electrons. The molecule has 0 spiro atoms. The third-order valence-electron chi connectivity index (χ3n) is 1.62. The van der Waals surface area contributed by atoms with Crippen LogP contribution in [0.5, 0.6) is 0 Å². The van der Waals surface area contributed by atoms with E-state index in [0.29, 0.717) is 11.8 Å². The lowest BCUT2D eigenvalue weighted by Gasteiger charge is -2.10. The third-order valence-corrected chi connectivity index (χ3v) is 1.82. The van der Waals surface area contributed by atoms with Crippen LogP contribution in [-0.4, -0.2) is 23.3 Å². The normalized spacial score (nSPS) is 12.8. The van der Waals surface area contributed by atoms with Crippen LogP contribution >= 0.6 is 11.6 Å². The van der Waals surface area contributed by atoms with Gasteiger partial charge in [0.25, 0.3) is 0 Å². The van der Waals surface area contributed by atoms with Gasteiger partial charge in [-0.15, -0.1) is 0 Å². The number of ether oxygens (including phenoxy) is 1. The van der Waals surface area contributed by atoms with E-state index in [0.717, 1.165) is 5.56 Å². The quantitative estimate of drug-likeness (QED) is 0.756. The van der Waals surface area contributed by atoms with Crippen LogP contribution in [0, 0.1) is 0 Å². The molecule has 4 heteroatoms. The van der Waals surface area contributed by atoms with Gasteiger partial charge in [-0.05, 0) is 24.6 Å². The zero-order valence-corrected chi connectivity index (χ0v) is 8.16. The second-order valence-corrected chi connectivity index (χ2v) is 2.97. The summed E-state index contributed by atoms with van der Waals surface area (Å²) >= 11 is 5.66. The minimum absolute atomic E-state index is 0.289. The van der Waals surface area contributed by atoms with E-state index in [-0.39, 0.29) is 6.61 Å². The van der Waals surface area contributed by atoms with Crippen molar-refractivity contribution in [2.24, 2.45) is 0 Å². The Bertz CT molecular complexity index is 268. The summed E-state index contributed by atoms with van der Waals surface area (Å²) in [5.74, 6) is 0. The number of halogens is 1. The molecule has 1 heterocycles. The van der Waals surface area contributed by atoms with Gasteiger partial charge in [0.1, 0.15) is 11.3 Å². The lowest BCUT2D eigenvalue weighted by molar-refractivity contribution is 0.0420. The monoisotopic (exact) mass is 201 g/mol. The summed E-state index contributed by atoms with van der Waals surface area (Å²) in [5.41, 5.74) is 0.730. The first kappa shape index (κ1) is 10.4. The summed E-state index contributed by atoms with van der Waals surface area (Å²) in [7, 11) is 0. The Morgan fingerprint density at radius 2 is 2.46 bits per heavy atom. The van der Waals surface area contributed by atoms with E-state index in [1.165, 1.54) is 0 Å². The molecule has 1 unspecified atom stereocenters. The minimum Gasteiger partial charge on any atom is -0.386 e. The van der Waals surface area contributed by atoms with Gasteiger partial charge in [0.15, 0.2) is 0 Å². The second kappa shape index (κ2) is 5.17. The van der Waals surface area contributed by atoms with Crippen molar-refractivity contribution in [2.75, 3.05) is 13.2 Å². The Morgan fingerprint density at radius 3 is 3.08 bits per heavy atom. The number of hydrogen-bond acceptors (Lipinski definition) is 3. The molecular weight excluding hydrogens is 190 g/mol. The number of aliphatic hydroxyl groups is 1. The van der Waals surface area contributed by atoms with E-state index in [1.807, 2.05) is 6.92 Å². The van der Waals surface area contributed by atoms with Crippen LogP contribution in [0.1, 0.15) is 18.6 Å². The molecule has 0 bridgehead atoms. The number of pyridine rings is 1. The Morgan fingerprint density at radius 1 is 1.69 bits per heavy atom. The van der Waals surface area contributed by atoms with Gasteiger partial charge in [-0.3, -0.25) is 0 Å². The standard InChI is InChI=1S/C9H12ClNO2/c1-2-13-6-8(12)7-3-4-11-9(10)5-7/h3-5,8,12H,2,6H2,1H3. The Balaban J connectivity index is 2.60. The van der Waals surface area contributed by atoms with Crippen LogP contribution in [0.2, 0.25) is 5.15 Å². The molecule has 0 saturated heterocycles. The van der Waals surface area contributed by atoms with Gasteiger partial charge in [-0.1, -0.05) is 11.6 Å². The molecule has 0 aliphatic heterocycles. The van der Waals surface area contributed by atoms with Crippen molar-refractivity contribution in [3.8, 4) is 0 Å². The number of rotatable bonds is 4. The largest absolute Gasteiger partial charge is 0.386 e. The highest BCUT2D eigenvalue weighted by atomic mass is 35.5. The molecule has 1 aromatic rings. The Kier molecular flexibility index (Phi) is 4.15. The maximum absolute atomic E-state index is 9.56. The highest BCUT2D eigenvalue weighted by molar-refractivity contribution is 6.29. The van der Waals surface area contributed by atoms with E-state index < -0.39 is 6.10 Å². The lowest BCUT2D eigenvalue weighted by Crippen LogP contribution is -2.06. The molecule has 0 fully saturated rings. The molecular formula is C9H12ClNO2. The fourth-order valence-corrected chi connectivity index (χ4v) is 1.13. The van der Waals surface area contributed by atoms with Crippen molar-refractivity contribution >= 4 is 11.6 Å². The van der Waals surface area contributed by atoms with E-state index in [9.17, 15) is 5.11 Å². The molecule has 3 nitrogen and oxygen atoms in total. The van der Waals surface area contributed by atoms with Gasteiger partial charge in [0, 0.05) is 12.8 Å². The molecule has 0 aromatic carbocycles. The Hall–Kier alpha value is -0.640. The van der Waals surface area contributed by atoms with Gasteiger partial charge in [0.2, 0.25) is 0 Å². The zero-order chi connectivity index (χ0) is 9.68. The topological polar surface area (TPSA) is 42.4 Å². The van der Waals surface area contributed by atoms with Crippen molar-refractivity contribution in [3.05, 3.63) is 29.0 Å². The molecule has 1 atom stereocenters. The van der Waals surface area contributed by atoms with Crippen molar-refractivity contribution in [1.29, 1.82) is 0 Å². The van der Waals surface area contributed by atoms with Crippen LogP contribution in [0.15, 0.2) is 18.3 Å². The van der Waals surface area contributed by atoms with Gasteiger partial charge in [0.05, 0.1) is 6.61 Å². The predicted molar refractivity (Wildman–Crippen MR) is 50.7 cm³/mol. The average molecular weight is 202 g/mol. The average Bonchev–Trinajstić information content (AvgIpc) is 2.14. The molecule has 72 valence electrons. The van der Waals surface area contributed by atoms with Gasteiger partial charge in [-0.2, -0.15) is 0 Å². The van der Waals surface area contributed by atoms with Crippen molar-refractivity contribution in [2.45, 2.75) is 13.0 Å². The minimum atomic E-state index is -0.625. The first-order valence-electron chi connectivity index (χ1n) is 4.11. The SMILES string of the molecule is CCOCC(O)c1ccnc(Cl)c1. The van der Waals surface area contributed by atoms with E-state index >= 15 is 0 Å². The molecule has 0 aliphatic rings. The summed E-state index contributed by atoms with van der Waals surface area (Å²) in [6.45, 7) is 2.76. The summed E-state index contributed by atoms with van der Waals surface area (Å²) in [4.78, 5) is 3.82. The maximum atomic E-state index is 9.56. The van der Waals surface area contributed by atoms with Gasteiger partial charge in [-0.25, -0.2) is 4.98 Å². The number of aromatic nitrogens is 1. The fourth-order valence-electron chi connectivity index (χ4n) is 0.950. The molecule has 13 heavy (non-hydrogen) atoms. The number of aliphatic hydroxyl groups excluding tert-OH is 1. The van der Waals surface area contributed by atoms with Crippen LogP contribution in [0.4, 0.5) is 0 Å². The highest BCUT2D eigenvalue weighted by Gasteiger charge is 2.07. The van der Waals surface area contributed by atoms with Crippen LogP contribution in [0.25, 0.3) is 0 Å². The maximum Gasteiger partial charge on any atom is 0.129 e. The fraction of sp³-hybridized carbons (Fsp3) is 0.444. The Labute approximate surface area is 82.3 Å². The van der Waals surface area contributed by atoms with E-state index in [4.69, 9.17) is 16.3 Å². The first-order valence-corrected chi connectivity index (χ1v) is 4.49. The molecule has 1 rings (SSSR count). The van der Waals surface area contributed by atoms with Crippen LogP contribution in [0.3, 0.4) is 0 Å². The molecule has 0 aliphatic carbocycles. The van der Waals surface area contributed by atoms with Crippen LogP contribution < -0.4 is 0 Å². The third kappa shape index (κ3) is 3.30. The van der Waals surface area contributed by atoms with E-state index in [1.54, 1.807) is 18.3 Å². The smallest absolute Gasteiger partial charge is 0.129 e. The summed E-state index contributed by atoms with van der Waals surface area (Å²) in [6, 6.07) is 3.35. The first-order chi connectivity index (χ1) is 6.24.